The van der Waals surface area contributed by atoms with E-state index in [-0.39, 0.29) is 6.04 Å². The van der Waals surface area contributed by atoms with Gasteiger partial charge in [-0.3, -0.25) is 4.31 Å². The fourth-order valence-electron chi connectivity index (χ4n) is 1.77. The van der Waals surface area contributed by atoms with Gasteiger partial charge in [-0.15, -0.1) is 0 Å². The van der Waals surface area contributed by atoms with Crippen molar-refractivity contribution in [1.82, 2.24) is 9.62 Å². The van der Waals surface area contributed by atoms with Crippen LogP contribution in [0.2, 0.25) is 0 Å². The predicted octanol–water partition coefficient (Wildman–Crippen LogP) is 3.19. The first-order valence-corrected chi connectivity index (χ1v) is 7.43. The highest BCUT2D eigenvalue weighted by molar-refractivity contribution is 7.97. The summed E-state index contributed by atoms with van der Waals surface area (Å²) >= 11 is 0.800. The van der Waals surface area contributed by atoms with Gasteiger partial charge in [0, 0.05) is 19.1 Å². The van der Waals surface area contributed by atoms with Gasteiger partial charge in [0.15, 0.2) is 0 Å². The number of alkyl carbamates (subject to hydrolysis) is 1. The minimum absolute atomic E-state index is 0.0346. The second-order valence-corrected chi connectivity index (χ2v) is 6.80. The van der Waals surface area contributed by atoms with Crippen molar-refractivity contribution in [3.63, 3.8) is 0 Å². The number of amides is 1. The molecule has 1 N–H and O–H groups in total. The van der Waals surface area contributed by atoms with Gasteiger partial charge in [-0.2, -0.15) is 13.2 Å². The van der Waals surface area contributed by atoms with Crippen molar-refractivity contribution in [2.24, 2.45) is 0 Å². The van der Waals surface area contributed by atoms with Crippen LogP contribution in [0.3, 0.4) is 0 Å². The Hall–Kier alpha value is -0.630. The normalized spacial score (nSPS) is 18.9. The van der Waals surface area contributed by atoms with E-state index in [1.54, 1.807) is 25.1 Å². The van der Waals surface area contributed by atoms with E-state index >= 15 is 0 Å². The maximum absolute atomic E-state index is 12.1. The van der Waals surface area contributed by atoms with Crippen LogP contribution in [0, 0.1) is 0 Å². The molecular weight excluding hydrogens is 293 g/mol. The topological polar surface area (TPSA) is 41.6 Å². The molecule has 0 unspecified atom stereocenters. The molecule has 0 saturated carbocycles. The zero-order chi connectivity index (χ0) is 15.4. The fourth-order valence-corrected chi connectivity index (χ4v) is 2.57. The van der Waals surface area contributed by atoms with Crippen LogP contribution < -0.4 is 5.32 Å². The first-order chi connectivity index (χ1) is 9.05. The van der Waals surface area contributed by atoms with Gasteiger partial charge >= 0.3 is 12.3 Å². The van der Waals surface area contributed by atoms with Crippen LogP contribution in [0.5, 0.6) is 0 Å². The van der Waals surface area contributed by atoms with Gasteiger partial charge in [0.1, 0.15) is 11.4 Å². The molecule has 4 nitrogen and oxygen atoms in total. The number of carbonyl (C=O) groups excluding carboxylic acids is 1. The van der Waals surface area contributed by atoms with E-state index in [2.05, 4.69) is 5.32 Å². The zero-order valence-electron chi connectivity index (χ0n) is 11.9. The van der Waals surface area contributed by atoms with Crippen molar-refractivity contribution in [2.45, 2.75) is 51.4 Å². The Morgan fingerprint density at radius 2 is 1.85 bits per heavy atom. The average Bonchev–Trinajstić information content (AvgIpc) is 2.24. The highest BCUT2D eigenvalue weighted by atomic mass is 32.2. The molecule has 1 fully saturated rings. The second-order valence-electron chi connectivity index (χ2n) is 5.74. The number of nitrogens with zero attached hydrogens (tertiary/aromatic N) is 1. The number of nitrogens with one attached hydrogen (secondary N) is 1. The lowest BCUT2D eigenvalue weighted by molar-refractivity contribution is -0.105. The van der Waals surface area contributed by atoms with Gasteiger partial charge in [-0.25, -0.2) is 4.79 Å². The lowest BCUT2D eigenvalue weighted by atomic mass is 10.1. The van der Waals surface area contributed by atoms with Crippen molar-refractivity contribution in [3.05, 3.63) is 0 Å². The first-order valence-electron chi connectivity index (χ1n) is 6.49. The van der Waals surface area contributed by atoms with E-state index in [0.29, 0.717) is 25.9 Å². The van der Waals surface area contributed by atoms with Crippen molar-refractivity contribution < 1.29 is 22.7 Å². The molecule has 0 atom stereocenters. The number of alkyl halides is 3. The van der Waals surface area contributed by atoms with Crippen LogP contribution in [0.15, 0.2) is 0 Å². The molecule has 1 amide bonds. The number of rotatable bonds is 3. The Morgan fingerprint density at radius 1 is 1.30 bits per heavy atom. The minimum Gasteiger partial charge on any atom is -0.444 e. The fraction of sp³-hybridized carbons (Fsp3) is 0.917. The molecule has 0 aliphatic carbocycles. The summed E-state index contributed by atoms with van der Waals surface area (Å²) in [6.45, 7) is 6.40. The van der Waals surface area contributed by atoms with Crippen LogP contribution >= 0.6 is 11.9 Å². The summed E-state index contributed by atoms with van der Waals surface area (Å²) in [6.07, 6.45) is -3.36. The first kappa shape index (κ1) is 17.4. The Balaban J connectivity index is 2.24. The highest BCUT2D eigenvalue weighted by Crippen LogP contribution is 2.26. The summed E-state index contributed by atoms with van der Waals surface area (Å²) in [5.41, 5.74) is -0.548. The van der Waals surface area contributed by atoms with E-state index in [9.17, 15) is 18.0 Å². The largest absolute Gasteiger partial charge is 0.444 e. The molecule has 0 aromatic rings. The van der Waals surface area contributed by atoms with E-state index in [1.807, 2.05) is 0 Å². The Bertz CT molecular complexity index is 324. The van der Waals surface area contributed by atoms with Crippen LogP contribution in [0.1, 0.15) is 33.6 Å². The number of halogens is 3. The highest BCUT2D eigenvalue weighted by Gasteiger charge is 2.30. The molecule has 20 heavy (non-hydrogen) atoms. The summed E-state index contributed by atoms with van der Waals surface area (Å²) in [7, 11) is 0. The smallest absolute Gasteiger partial charge is 0.407 e. The third kappa shape index (κ3) is 7.84. The lowest BCUT2D eigenvalue weighted by Crippen LogP contribution is -2.44. The Labute approximate surface area is 121 Å². The molecule has 118 valence electrons. The number of piperidine rings is 1. The van der Waals surface area contributed by atoms with Crippen molar-refractivity contribution >= 4 is 18.0 Å². The van der Waals surface area contributed by atoms with Crippen molar-refractivity contribution in [2.75, 3.05) is 18.8 Å². The SMILES string of the molecule is CC(C)(C)OC(=O)NC1CCN(SCC(F)(F)F)CC1. The maximum atomic E-state index is 12.1. The third-order valence-corrected chi connectivity index (χ3v) is 3.77. The molecule has 0 aromatic heterocycles. The van der Waals surface area contributed by atoms with E-state index in [4.69, 9.17) is 4.74 Å². The van der Waals surface area contributed by atoms with E-state index < -0.39 is 23.6 Å². The molecule has 8 heteroatoms. The van der Waals surface area contributed by atoms with Gasteiger partial charge in [0.05, 0.1) is 0 Å². The van der Waals surface area contributed by atoms with Crippen LogP contribution in [0.4, 0.5) is 18.0 Å². The molecule has 1 aliphatic heterocycles. The molecule has 0 spiro atoms. The third-order valence-electron chi connectivity index (χ3n) is 2.59. The second kappa shape index (κ2) is 6.89. The summed E-state index contributed by atoms with van der Waals surface area (Å²) in [4.78, 5) is 11.6. The Morgan fingerprint density at radius 3 is 2.30 bits per heavy atom. The van der Waals surface area contributed by atoms with Crippen LogP contribution in [-0.4, -0.2) is 47.1 Å². The molecule has 0 radical (unpaired) electrons. The molecule has 0 bridgehead atoms. The number of carbonyl (C=O) groups is 1. The van der Waals surface area contributed by atoms with Crippen LogP contribution in [-0.2, 0) is 4.74 Å². The average molecular weight is 314 g/mol. The predicted molar refractivity (Wildman–Crippen MR) is 72.5 cm³/mol. The molecule has 0 aromatic carbocycles. The van der Waals surface area contributed by atoms with E-state index in [0.717, 1.165) is 11.9 Å². The van der Waals surface area contributed by atoms with Crippen molar-refractivity contribution in [3.8, 4) is 0 Å². The quantitative estimate of drug-likeness (QED) is 0.812. The van der Waals surface area contributed by atoms with E-state index in [1.165, 1.54) is 0 Å². The van der Waals surface area contributed by atoms with Crippen LogP contribution in [0.25, 0.3) is 0 Å². The van der Waals surface area contributed by atoms with Gasteiger partial charge in [0.2, 0.25) is 0 Å². The Kier molecular flexibility index (Phi) is 6.00. The zero-order valence-corrected chi connectivity index (χ0v) is 12.7. The standard InChI is InChI=1S/C12H21F3N2O2S/c1-11(2,3)19-10(18)16-9-4-6-17(7-5-9)20-8-12(13,14)15/h9H,4-8H2,1-3H3,(H,16,18). The number of hydrogen-bond acceptors (Lipinski definition) is 4. The maximum Gasteiger partial charge on any atom is 0.407 e. The number of hydrogen-bond donors (Lipinski definition) is 1. The van der Waals surface area contributed by atoms with Crippen molar-refractivity contribution in [1.29, 1.82) is 0 Å². The molecule has 1 aliphatic rings. The summed E-state index contributed by atoms with van der Waals surface area (Å²) < 4.78 is 43.1. The molecule has 1 heterocycles. The summed E-state index contributed by atoms with van der Waals surface area (Å²) in [5.74, 6) is -0.864. The van der Waals surface area contributed by atoms with Gasteiger partial charge in [-0.1, -0.05) is 11.9 Å². The molecular formula is C12H21F3N2O2S. The van der Waals surface area contributed by atoms with Gasteiger partial charge in [0.25, 0.3) is 0 Å². The van der Waals surface area contributed by atoms with Gasteiger partial charge in [-0.05, 0) is 33.6 Å². The number of ether oxygens (including phenoxy) is 1. The minimum atomic E-state index is -4.14. The monoisotopic (exact) mass is 314 g/mol. The molecule has 1 saturated heterocycles. The lowest BCUT2D eigenvalue weighted by Gasteiger charge is -2.32. The summed E-state index contributed by atoms with van der Waals surface area (Å²) in [6, 6.07) is -0.0346. The summed E-state index contributed by atoms with van der Waals surface area (Å²) in [5, 5.41) is 2.75. The molecule has 1 rings (SSSR count). The van der Waals surface area contributed by atoms with Gasteiger partial charge < -0.3 is 10.1 Å².